The molecule has 29 heavy (non-hydrogen) atoms. The lowest BCUT2D eigenvalue weighted by atomic mass is 9.94. The highest BCUT2D eigenvalue weighted by Gasteiger charge is 2.32. The predicted octanol–water partition coefficient (Wildman–Crippen LogP) is 3.96. The molecule has 1 N–H and O–H groups in total. The van der Waals surface area contributed by atoms with Gasteiger partial charge < -0.3 is 19.5 Å². The van der Waals surface area contributed by atoms with E-state index in [0.717, 1.165) is 12.1 Å². The van der Waals surface area contributed by atoms with Gasteiger partial charge in [-0.15, -0.1) is 0 Å². The third-order valence-electron chi connectivity index (χ3n) is 4.55. The Labute approximate surface area is 164 Å². The number of carbonyl (C=O) groups is 2. The molecule has 0 unspecified atom stereocenters. The number of aliphatic carboxylic acids is 1. The van der Waals surface area contributed by atoms with Gasteiger partial charge in [-0.1, -0.05) is 12.1 Å². The van der Waals surface area contributed by atoms with Crippen LogP contribution in [0.2, 0.25) is 0 Å². The van der Waals surface area contributed by atoms with Crippen LogP contribution in [0.5, 0.6) is 5.75 Å². The van der Waals surface area contributed by atoms with Gasteiger partial charge in [-0.2, -0.15) is 13.2 Å². The average molecular weight is 409 g/mol. The lowest BCUT2D eigenvalue weighted by Gasteiger charge is -2.20. The van der Waals surface area contributed by atoms with Crippen molar-refractivity contribution in [2.24, 2.45) is 0 Å². The van der Waals surface area contributed by atoms with E-state index in [1.807, 2.05) is 0 Å². The molecule has 9 heteroatoms. The number of hydrogen-bond donors (Lipinski definition) is 1. The van der Waals surface area contributed by atoms with Crippen LogP contribution in [0.4, 0.5) is 18.0 Å². The molecule has 1 aliphatic heterocycles. The zero-order valence-electron chi connectivity index (χ0n) is 15.5. The lowest BCUT2D eigenvalue weighted by molar-refractivity contribution is -0.138. The van der Waals surface area contributed by atoms with E-state index in [4.69, 9.17) is 14.6 Å². The first kappa shape index (κ1) is 20.5. The van der Waals surface area contributed by atoms with E-state index in [1.165, 1.54) is 18.1 Å². The van der Waals surface area contributed by atoms with Crippen LogP contribution in [0.1, 0.15) is 16.7 Å². The maximum atomic E-state index is 13.3. The molecule has 2 aromatic rings. The minimum absolute atomic E-state index is 0.0790. The van der Waals surface area contributed by atoms with Crippen molar-refractivity contribution >= 4 is 12.1 Å². The van der Waals surface area contributed by atoms with Crippen LogP contribution in [-0.2, 0) is 28.7 Å². The molecule has 3 rings (SSSR count). The zero-order chi connectivity index (χ0) is 21.2. The number of amides is 1. The summed E-state index contributed by atoms with van der Waals surface area (Å²) in [6.07, 6.45) is -5.39. The van der Waals surface area contributed by atoms with Crippen molar-refractivity contribution in [3.8, 4) is 16.9 Å². The van der Waals surface area contributed by atoms with Crippen LogP contribution in [0, 0.1) is 0 Å². The normalized spacial score (nSPS) is 14.1. The van der Waals surface area contributed by atoms with Crippen molar-refractivity contribution in [2.75, 3.05) is 20.3 Å². The molecule has 1 aliphatic rings. The molecular formula is C20H18F3NO5. The second-order valence-electron chi connectivity index (χ2n) is 6.51. The van der Waals surface area contributed by atoms with E-state index < -0.39 is 23.8 Å². The fourth-order valence-electron chi connectivity index (χ4n) is 3.19. The molecule has 0 aliphatic carbocycles. The number of nitrogens with zero attached hydrogens (tertiary/aromatic N) is 1. The van der Waals surface area contributed by atoms with Crippen LogP contribution in [0.15, 0.2) is 36.4 Å². The number of methoxy groups -OCH3 is 1. The summed E-state index contributed by atoms with van der Waals surface area (Å²) in [4.78, 5) is 24.2. The maximum Gasteiger partial charge on any atom is 0.416 e. The van der Waals surface area contributed by atoms with Gasteiger partial charge in [0.2, 0.25) is 0 Å². The van der Waals surface area contributed by atoms with Crippen LogP contribution in [-0.4, -0.2) is 42.3 Å². The number of cyclic esters (lactones) is 1. The SMILES string of the molecule is COc1ccc(CC(=O)O)cc1-c1ccc(C(F)(F)F)cc1CN1CCOC1=O. The van der Waals surface area contributed by atoms with Gasteiger partial charge in [0.05, 0.1) is 25.6 Å². The molecule has 2 aromatic carbocycles. The van der Waals surface area contributed by atoms with Gasteiger partial charge in [0.15, 0.2) is 0 Å². The summed E-state index contributed by atoms with van der Waals surface area (Å²) in [7, 11) is 1.41. The summed E-state index contributed by atoms with van der Waals surface area (Å²) in [5, 5.41) is 9.04. The third-order valence-corrected chi connectivity index (χ3v) is 4.55. The van der Waals surface area contributed by atoms with Crippen LogP contribution >= 0.6 is 0 Å². The molecule has 0 spiro atoms. The molecule has 154 valence electrons. The number of carbonyl (C=O) groups excluding carboxylic acids is 1. The summed E-state index contributed by atoms with van der Waals surface area (Å²) in [5.74, 6) is -0.655. The molecular weight excluding hydrogens is 391 g/mol. The Kier molecular flexibility index (Phi) is 5.67. The monoisotopic (exact) mass is 409 g/mol. The Morgan fingerprint density at radius 3 is 2.55 bits per heavy atom. The number of alkyl halides is 3. The second-order valence-corrected chi connectivity index (χ2v) is 6.51. The van der Waals surface area contributed by atoms with Gasteiger partial charge in [-0.05, 0) is 41.0 Å². The number of hydrogen-bond acceptors (Lipinski definition) is 4. The summed E-state index contributed by atoms with van der Waals surface area (Å²) in [6.45, 7) is 0.361. The predicted molar refractivity (Wildman–Crippen MR) is 96.5 cm³/mol. The van der Waals surface area contributed by atoms with Gasteiger partial charge >= 0.3 is 18.2 Å². The number of halogens is 3. The van der Waals surface area contributed by atoms with Crippen molar-refractivity contribution in [2.45, 2.75) is 19.1 Å². The molecule has 0 saturated carbocycles. The molecule has 0 aromatic heterocycles. The first-order valence-electron chi connectivity index (χ1n) is 8.70. The number of carboxylic acid groups (broad SMARTS) is 1. The molecule has 1 fully saturated rings. The summed E-state index contributed by atoms with van der Waals surface area (Å²) in [6, 6.07) is 7.97. The standard InChI is InChI=1S/C20H18F3NO5/c1-28-17-5-2-12(9-18(25)26)8-16(17)15-4-3-14(20(21,22)23)10-13(15)11-24-6-7-29-19(24)27/h2-5,8,10H,6-7,9,11H2,1H3,(H,25,26). The minimum atomic E-state index is -4.55. The highest BCUT2D eigenvalue weighted by Crippen LogP contribution is 2.38. The van der Waals surface area contributed by atoms with Gasteiger partial charge in [0.1, 0.15) is 12.4 Å². The van der Waals surface area contributed by atoms with Crippen LogP contribution in [0.25, 0.3) is 11.1 Å². The number of ether oxygens (including phenoxy) is 2. The van der Waals surface area contributed by atoms with Gasteiger partial charge in [0.25, 0.3) is 0 Å². The fourth-order valence-corrected chi connectivity index (χ4v) is 3.19. The Morgan fingerprint density at radius 2 is 1.97 bits per heavy atom. The first-order valence-corrected chi connectivity index (χ1v) is 8.70. The maximum absolute atomic E-state index is 13.3. The van der Waals surface area contributed by atoms with Gasteiger partial charge in [-0.3, -0.25) is 4.79 Å². The molecule has 1 saturated heterocycles. The Balaban J connectivity index is 2.12. The molecule has 0 bridgehead atoms. The van der Waals surface area contributed by atoms with Crippen molar-refractivity contribution in [3.63, 3.8) is 0 Å². The van der Waals surface area contributed by atoms with Crippen molar-refractivity contribution in [3.05, 3.63) is 53.1 Å². The summed E-state index contributed by atoms with van der Waals surface area (Å²) >= 11 is 0. The fraction of sp³-hybridized carbons (Fsp3) is 0.300. The zero-order valence-corrected chi connectivity index (χ0v) is 15.5. The summed E-state index contributed by atoms with van der Waals surface area (Å²) < 4.78 is 49.9. The van der Waals surface area contributed by atoms with E-state index in [1.54, 1.807) is 18.2 Å². The molecule has 0 radical (unpaired) electrons. The van der Waals surface area contributed by atoms with Gasteiger partial charge in [0, 0.05) is 12.1 Å². The Hall–Kier alpha value is -3.23. The topological polar surface area (TPSA) is 76.1 Å². The molecule has 1 amide bonds. The number of benzene rings is 2. The van der Waals surface area contributed by atoms with Gasteiger partial charge in [-0.25, -0.2) is 4.79 Å². The molecule has 1 heterocycles. The average Bonchev–Trinajstić information content (AvgIpc) is 3.05. The van der Waals surface area contributed by atoms with Crippen molar-refractivity contribution in [1.82, 2.24) is 4.90 Å². The van der Waals surface area contributed by atoms with Crippen LogP contribution < -0.4 is 4.74 Å². The van der Waals surface area contributed by atoms with E-state index in [0.29, 0.717) is 22.4 Å². The van der Waals surface area contributed by atoms with Crippen molar-refractivity contribution in [1.29, 1.82) is 0 Å². The van der Waals surface area contributed by atoms with E-state index in [9.17, 15) is 22.8 Å². The number of carboxylic acids is 1. The lowest BCUT2D eigenvalue weighted by Crippen LogP contribution is -2.24. The highest BCUT2D eigenvalue weighted by molar-refractivity contribution is 5.77. The number of rotatable bonds is 6. The largest absolute Gasteiger partial charge is 0.496 e. The molecule has 0 atom stereocenters. The highest BCUT2D eigenvalue weighted by atomic mass is 19.4. The van der Waals surface area contributed by atoms with E-state index in [2.05, 4.69) is 0 Å². The second kappa shape index (κ2) is 8.02. The quantitative estimate of drug-likeness (QED) is 0.782. The Bertz CT molecular complexity index is 942. The van der Waals surface area contributed by atoms with E-state index >= 15 is 0 Å². The smallest absolute Gasteiger partial charge is 0.416 e. The minimum Gasteiger partial charge on any atom is -0.496 e. The first-order chi connectivity index (χ1) is 13.7. The molecule has 6 nitrogen and oxygen atoms in total. The van der Waals surface area contributed by atoms with Crippen molar-refractivity contribution < 1.29 is 37.3 Å². The summed E-state index contributed by atoms with van der Waals surface area (Å²) in [5.41, 5.74) is 0.748. The third kappa shape index (κ3) is 4.61. The van der Waals surface area contributed by atoms with E-state index in [-0.39, 0.29) is 31.7 Å². The Morgan fingerprint density at radius 1 is 1.21 bits per heavy atom. The van der Waals surface area contributed by atoms with Crippen LogP contribution in [0.3, 0.4) is 0 Å².